The highest BCUT2D eigenvalue weighted by Crippen LogP contribution is 2.13. The maximum atomic E-state index is 11.7. The summed E-state index contributed by atoms with van der Waals surface area (Å²) in [7, 11) is 0. The molecule has 2 N–H and O–H groups in total. The van der Waals surface area contributed by atoms with E-state index in [1.807, 2.05) is 0 Å². The van der Waals surface area contributed by atoms with Crippen LogP contribution < -0.4 is 10.6 Å². The molecule has 1 aromatic rings. The Bertz CT molecular complexity index is 351. The van der Waals surface area contributed by atoms with Gasteiger partial charge in [0, 0.05) is 6.04 Å². The first-order valence-corrected chi connectivity index (χ1v) is 5.96. The third kappa shape index (κ3) is 4.23. The third-order valence-corrected chi connectivity index (χ3v) is 3.13. The van der Waals surface area contributed by atoms with E-state index < -0.39 is 0 Å². The topological polar surface area (TPSA) is 84.7 Å². The Morgan fingerprint density at radius 3 is 3.11 bits per heavy atom. The van der Waals surface area contributed by atoms with Crippen molar-refractivity contribution >= 4 is 18.3 Å². The number of carbonyl (C=O) groups excluding carboxylic acids is 1. The molecule has 1 aromatic heterocycles. The number of aromatic nitrogens is 4. The highest BCUT2D eigenvalue weighted by molar-refractivity contribution is 5.85. The summed E-state index contributed by atoms with van der Waals surface area (Å²) in [5, 5.41) is 17.0. The van der Waals surface area contributed by atoms with Gasteiger partial charge in [-0.3, -0.25) is 4.79 Å². The van der Waals surface area contributed by atoms with E-state index in [2.05, 4.69) is 33.1 Å². The molecule has 1 amide bonds. The van der Waals surface area contributed by atoms with E-state index in [4.69, 9.17) is 0 Å². The Morgan fingerprint density at radius 2 is 2.50 bits per heavy atom. The van der Waals surface area contributed by atoms with Crippen molar-refractivity contribution in [2.45, 2.75) is 32.4 Å². The van der Waals surface area contributed by atoms with Crippen LogP contribution in [0.1, 0.15) is 19.8 Å². The Kier molecular flexibility index (Phi) is 6.00. The number of amides is 1. The molecule has 1 fully saturated rings. The number of tetrazole rings is 1. The van der Waals surface area contributed by atoms with Crippen LogP contribution in [0.15, 0.2) is 6.33 Å². The second-order valence-corrected chi connectivity index (χ2v) is 4.47. The highest BCUT2D eigenvalue weighted by atomic mass is 35.5. The lowest BCUT2D eigenvalue weighted by Crippen LogP contribution is -2.45. The lowest BCUT2D eigenvalue weighted by Gasteiger charge is -2.28. The lowest BCUT2D eigenvalue weighted by atomic mass is 9.93. The minimum absolute atomic E-state index is 0. The van der Waals surface area contributed by atoms with Gasteiger partial charge in [-0.25, -0.2) is 4.68 Å². The average molecular weight is 275 g/mol. The summed E-state index contributed by atoms with van der Waals surface area (Å²) in [5.41, 5.74) is 0. The van der Waals surface area contributed by atoms with Crippen molar-refractivity contribution in [3.05, 3.63) is 6.33 Å². The normalized spacial score (nSPS) is 20.8. The Balaban J connectivity index is 0.00000162. The fraction of sp³-hybridized carbons (Fsp3) is 0.800. The third-order valence-electron chi connectivity index (χ3n) is 3.13. The van der Waals surface area contributed by atoms with E-state index in [1.165, 1.54) is 23.9 Å². The predicted octanol–water partition coefficient (Wildman–Crippen LogP) is -0.401. The summed E-state index contributed by atoms with van der Waals surface area (Å²) in [4.78, 5) is 11.7. The van der Waals surface area contributed by atoms with Gasteiger partial charge in [0.25, 0.3) is 0 Å². The van der Waals surface area contributed by atoms with Gasteiger partial charge in [0.15, 0.2) is 0 Å². The Morgan fingerprint density at radius 1 is 1.67 bits per heavy atom. The number of nitrogens with zero attached hydrogens (tertiary/aromatic N) is 4. The number of piperidine rings is 1. The molecule has 2 unspecified atom stereocenters. The molecule has 2 atom stereocenters. The SMILES string of the molecule is CC(NC(=O)Cn1cnnn1)C1CCCNC1.Cl. The quantitative estimate of drug-likeness (QED) is 0.780. The summed E-state index contributed by atoms with van der Waals surface area (Å²) in [6, 6.07) is 0.187. The monoisotopic (exact) mass is 274 g/mol. The van der Waals surface area contributed by atoms with Crippen LogP contribution in [0.5, 0.6) is 0 Å². The van der Waals surface area contributed by atoms with Gasteiger partial charge in [0.1, 0.15) is 12.9 Å². The van der Waals surface area contributed by atoms with Crippen molar-refractivity contribution < 1.29 is 4.79 Å². The number of hydrogen-bond acceptors (Lipinski definition) is 5. The van der Waals surface area contributed by atoms with E-state index in [1.54, 1.807) is 0 Å². The zero-order valence-electron chi connectivity index (χ0n) is 10.4. The number of rotatable bonds is 4. The van der Waals surface area contributed by atoms with Crippen LogP contribution in [0.4, 0.5) is 0 Å². The standard InChI is InChI=1S/C10H18N6O.ClH/c1-8(9-3-2-4-11-5-9)13-10(17)6-16-7-12-14-15-16;/h7-9,11H,2-6H2,1H3,(H,13,17);1H. The number of carbonyl (C=O) groups is 1. The van der Waals surface area contributed by atoms with Crippen molar-refractivity contribution in [3.8, 4) is 0 Å². The molecule has 0 radical (unpaired) electrons. The fourth-order valence-electron chi connectivity index (χ4n) is 2.12. The molecule has 0 spiro atoms. The molecule has 8 heteroatoms. The van der Waals surface area contributed by atoms with Crippen LogP contribution in [-0.2, 0) is 11.3 Å². The van der Waals surface area contributed by atoms with Crippen LogP contribution in [-0.4, -0.2) is 45.2 Å². The molecule has 1 aliphatic heterocycles. The van der Waals surface area contributed by atoms with Crippen molar-refractivity contribution in [3.63, 3.8) is 0 Å². The summed E-state index contributed by atoms with van der Waals surface area (Å²) < 4.78 is 1.42. The second kappa shape index (κ2) is 7.27. The fourth-order valence-corrected chi connectivity index (χ4v) is 2.12. The summed E-state index contributed by atoms with van der Waals surface area (Å²) in [6.45, 7) is 4.29. The molecule has 102 valence electrons. The van der Waals surface area contributed by atoms with Gasteiger partial charge in [-0.1, -0.05) is 0 Å². The van der Waals surface area contributed by atoms with Crippen LogP contribution in [0.25, 0.3) is 0 Å². The zero-order valence-corrected chi connectivity index (χ0v) is 11.2. The molecular weight excluding hydrogens is 256 g/mol. The molecular formula is C10H19ClN6O. The minimum Gasteiger partial charge on any atom is -0.352 e. The zero-order chi connectivity index (χ0) is 12.1. The molecule has 0 aliphatic carbocycles. The maximum absolute atomic E-state index is 11.7. The molecule has 7 nitrogen and oxygen atoms in total. The molecule has 2 rings (SSSR count). The van der Waals surface area contributed by atoms with Crippen molar-refractivity contribution in [1.82, 2.24) is 30.8 Å². The highest BCUT2D eigenvalue weighted by Gasteiger charge is 2.21. The number of halogens is 1. The second-order valence-electron chi connectivity index (χ2n) is 4.47. The molecule has 0 bridgehead atoms. The Hall–Kier alpha value is -1.21. The van der Waals surface area contributed by atoms with Gasteiger partial charge in [-0.05, 0) is 49.2 Å². The van der Waals surface area contributed by atoms with Crippen LogP contribution >= 0.6 is 12.4 Å². The van der Waals surface area contributed by atoms with Gasteiger partial charge in [0.2, 0.25) is 5.91 Å². The van der Waals surface area contributed by atoms with Gasteiger partial charge in [0.05, 0.1) is 0 Å². The van der Waals surface area contributed by atoms with Crippen LogP contribution in [0.2, 0.25) is 0 Å². The van der Waals surface area contributed by atoms with E-state index in [9.17, 15) is 4.79 Å². The predicted molar refractivity (Wildman–Crippen MR) is 68.3 cm³/mol. The average Bonchev–Trinajstić information content (AvgIpc) is 2.82. The van der Waals surface area contributed by atoms with Crippen molar-refractivity contribution in [2.24, 2.45) is 5.92 Å². The van der Waals surface area contributed by atoms with E-state index in [-0.39, 0.29) is 30.9 Å². The van der Waals surface area contributed by atoms with Crippen molar-refractivity contribution in [2.75, 3.05) is 13.1 Å². The van der Waals surface area contributed by atoms with Crippen molar-refractivity contribution in [1.29, 1.82) is 0 Å². The van der Waals surface area contributed by atoms with E-state index in [0.29, 0.717) is 5.92 Å². The summed E-state index contributed by atoms with van der Waals surface area (Å²) >= 11 is 0. The van der Waals surface area contributed by atoms with Gasteiger partial charge < -0.3 is 10.6 Å². The smallest absolute Gasteiger partial charge is 0.242 e. The van der Waals surface area contributed by atoms with E-state index in [0.717, 1.165) is 13.1 Å². The van der Waals surface area contributed by atoms with Crippen LogP contribution in [0.3, 0.4) is 0 Å². The molecule has 0 aromatic carbocycles. The minimum atomic E-state index is -0.0460. The van der Waals surface area contributed by atoms with Gasteiger partial charge in [-0.2, -0.15) is 0 Å². The molecule has 18 heavy (non-hydrogen) atoms. The maximum Gasteiger partial charge on any atom is 0.242 e. The van der Waals surface area contributed by atoms with Gasteiger partial charge >= 0.3 is 0 Å². The number of hydrogen-bond donors (Lipinski definition) is 2. The van der Waals surface area contributed by atoms with Gasteiger partial charge in [-0.15, -0.1) is 17.5 Å². The first-order chi connectivity index (χ1) is 8.25. The lowest BCUT2D eigenvalue weighted by molar-refractivity contribution is -0.122. The molecule has 1 saturated heterocycles. The van der Waals surface area contributed by atoms with Crippen LogP contribution in [0, 0.1) is 5.92 Å². The number of nitrogens with one attached hydrogen (secondary N) is 2. The largest absolute Gasteiger partial charge is 0.352 e. The van der Waals surface area contributed by atoms with E-state index >= 15 is 0 Å². The molecule has 0 saturated carbocycles. The summed E-state index contributed by atoms with van der Waals surface area (Å²) in [6.07, 6.45) is 3.78. The molecule has 2 heterocycles. The first kappa shape index (κ1) is 14.8. The Labute approximate surface area is 112 Å². The first-order valence-electron chi connectivity index (χ1n) is 5.96. The summed E-state index contributed by atoms with van der Waals surface area (Å²) in [5.74, 6) is 0.469. The molecule has 1 aliphatic rings.